The second-order valence-corrected chi connectivity index (χ2v) is 6.42. The van der Waals surface area contributed by atoms with Crippen LogP contribution in [0.25, 0.3) is 0 Å². The molecule has 1 aromatic rings. The molecule has 1 saturated heterocycles. The third-order valence-corrected chi connectivity index (χ3v) is 4.65. The summed E-state index contributed by atoms with van der Waals surface area (Å²) >= 11 is 0. The molecule has 0 aromatic heterocycles. The highest BCUT2D eigenvalue weighted by Gasteiger charge is 2.20. The first-order valence-corrected chi connectivity index (χ1v) is 8.71. The lowest BCUT2D eigenvalue weighted by molar-refractivity contribution is 0.0245. The molecule has 3 rings (SSSR count). The molecule has 0 bridgehead atoms. The molecule has 0 radical (unpaired) electrons. The number of likely N-dealkylation sites (N-methyl/N-ethyl adjacent to an activating group) is 1. The molecule has 25 heavy (non-hydrogen) atoms. The zero-order valence-electron chi connectivity index (χ0n) is 14.9. The van der Waals surface area contributed by atoms with Crippen molar-refractivity contribution in [3.8, 4) is 11.5 Å². The van der Waals surface area contributed by atoms with Gasteiger partial charge in [0, 0.05) is 32.7 Å². The molecule has 2 heterocycles. The second kappa shape index (κ2) is 8.40. The minimum Gasteiger partial charge on any atom is -0.454 e. The number of hydrogen-bond donors (Lipinski definition) is 0. The van der Waals surface area contributed by atoms with Crippen molar-refractivity contribution < 1.29 is 23.7 Å². The maximum Gasteiger partial charge on any atom is 0.409 e. The quantitative estimate of drug-likeness (QED) is 0.779. The molecule has 0 saturated carbocycles. The third kappa shape index (κ3) is 4.76. The number of ether oxygens (including phenoxy) is 4. The topological polar surface area (TPSA) is 60.5 Å². The molecule has 0 aliphatic carbocycles. The van der Waals surface area contributed by atoms with Gasteiger partial charge in [0.15, 0.2) is 11.5 Å². The second-order valence-electron chi connectivity index (χ2n) is 6.42. The Bertz CT molecular complexity index is 589. The lowest BCUT2D eigenvalue weighted by Crippen LogP contribution is -2.40. The number of carbonyl (C=O) groups excluding carboxylic acids is 1. The average molecular weight is 350 g/mol. The van der Waals surface area contributed by atoms with Gasteiger partial charge in [-0.15, -0.1) is 0 Å². The predicted molar refractivity (Wildman–Crippen MR) is 92.1 cm³/mol. The fourth-order valence-corrected chi connectivity index (χ4v) is 2.91. The van der Waals surface area contributed by atoms with Crippen molar-refractivity contribution in [1.29, 1.82) is 0 Å². The SMILES string of the molecule is C[C@@H](Cc1ccc2c(c1)OCO2)N(C)C(=O)OCCN1CCOCC1. The predicted octanol–water partition coefficient (Wildman–Crippen LogP) is 1.75. The normalized spacial score (nSPS) is 18.0. The Morgan fingerprint density at radius 3 is 2.84 bits per heavy atom. The van der Waals surface area contributed by atoms with Gasteiger partial charge in [-0.2, -0.15) is 0 Å². The lowest BCUT2D eigenvalue weighted by Gasteiger charge is -2.28. The van der Waals surface area contributed by atoms with Crippen molar-refractivity contribution >= 4 is 6.09 Å². The summed E-state index contributed by atoms with van der Waals surface area (Å²) in [5, 5.41) is 0. The van der Waals surface area contributed by atoms with Gasteiger partial charge < -0.3 is 23.8 Å². The summed E-state index contributed by atoms with van der Waals surface area (Å²) in [5.74, 6) is 1.53. The van der Waals surface area contributed by atoms with Crippen molar-refractivity contribution in [3.05, 3.63) is 23.8 Å². The third-order valence-electron chi connectivity index (χ3n) is 4.65. The van der Waals surface area contributed by atoms with E-state index < -0.39 is 0 Å². The summed E-state index contributed by atoms with van der Waals surface area (Å²) in [4.78, 5) is 16.1. The summed E-state index contributed by atoms with van der Waals surface area (Å²) in [5.41, 5.74) is 1.10. The summed E-state index contributed by atoms with van der Waals surface area (Å²) in [7, 11) is 1.77. The zero-order chi connectivity index (χ0) is 17.6. The summed E-state index contributed by atoms with van der Waals surface area (Å²) in [6.45, 7) is 6.72. The van der Waals surface area contributed by atoms with Crippen molar-refractivity contribution in [2.24, 2.45) is 0 Å². The van der Waals surface area contributed by atoms with Gasteiger partial charge in [-0.1, -0.05) is 6.07 Å². The highest BCUT2D eigenvalue weighted by molar-refractivity contribution is 5.67. The first-order chi connectivity index (χ1) is 12.1. The van der Waals surface area contributed by atoms with E-state index in [1.165, 1.54) is 0 Å². The van der Waals surface area contributed by atoms with Crippen LogP contribution in [0.3, 0.4) is 0 Å². The Morgan fingerprint density at radius 2 is 2.04 bits per heavy atom. The molecule has 1 fully saturated rings. The van der Waals surface area contributed by atoms with Crippen molar-refractivity contribution in [3.63, 3.8) is 0 Å². The molecular weight excluding hydrogens is 324 g/mol. The molecule has 1 atom stereocenters. The molecule has 138 valence electrons. The van der Waals surface area contributed by atoms with Crippen LogP contribution in [0.2, 0.25) is 0 Å². The summed E-state index contributed by atoms with van der Waals surface area (Å²) in [6, 6.07) is 5.90. The molecule has 2 aliphatic rings. The Hall–Kier alpha value is -1.99. The number of carbonyl (C=O) groups is 1. The van der Waals surface area contributed by atoms with E-state index in [0.29, 0.717) is 6.61 Å². The average Bonchev–Trinajstić information content (AvgIpc) is 3.09. The smallest absolute Gasteiger partial charge is 0.409 e. The Balaban J connectivity index is 1.43. The van der Waals surface area contributed by atoms with Crippen molar-refractivity contribution in [1.82, 2.24) is 9.80 Å². The van der Waals surface area contributed by atoms with Crippen LogP contribution >= 0.6 is 0 Å². The van der Waals surface area contributed by atoms with Crippen LogP contribution in [0.1, 0.15) is 12.5 Å². The number of rotatable bonds is 6. The monoisotopic (exact) mass is 350 g/mol. The van der Waals surface area contributed by atoms with E-state index in [1.54, 1.807) is 11.9 Å². The number of fused-ring (bicyclic) bond motifs is 1. The van der Waals surface area contributed by atoms with E-state index in [-0.39, 0.29) is 18.9 Å². The van der Waals surface area contributed by atoms with Crippen LogP contribution < -0.4 is 9.47 Å². The Kier molecular flexibility index (Phi) is 5.99. The molecule has 2 aliphatic heterocycles. The molecule has 7 nitrogen and oxygen atoms in total. The van der Waals surface area contributed by atoms with Gasteiger partial charge in [0.2, 0.25) is 6.79 Å². The van der Waals surface area contributed by atoms with Crippen LogP contribution in [-0.4, -0.2) is 75.2 Å². The number of morpholine rings is 1. The number of amides is 1. The molecule has 7 heteroatoms. The van der Waals surface area contributed by atoms with E-state index in [2.05, 4.69) is 4.90 Å². The maximum atomic E-state index is 12.2. The van der Waals surface area contributed by atoms with Crippen LogP contribution in [0.15, 0.2) is 18.2 Å². The first kappa shape index (κ1) is 17.8. The van der Waals surface area contributed by atoms with Gasteiger partial charge in [-0.25, -0.2) is 4.79 Å². The van der Waals surface area contributed by atoms with Crippen LogP contribution in [0.5, 0.6) is 11.5 Å². The molecular formula is C18H26N2O5. The molecule has 0 N–H and O–H groups in total. The standard InChI is InChI=1S/C18H26N2O5/c1-14(11-15-3-4-16-17(12-15)25-13-24-16)19(2)18(21)23-10-7-20-5-8-22-9-6-20/h3-4,12,14H,5-11,13H2,1-2H3/t14-/m0/s1. The number of benzene rings is 1. The van der Waals surface area contributed by atoms with Crippen LogP contribution in [0.4, 0.5) is 4.79 Å². The zero-order valence-corrected chi connectivity index (χ0v) is 14.9. The number of hydrogen-bond acceptors (Lipinski definition) is 6. The van der Waals surface area contributed by atoms with Gasteiger partial charge in [0.05, 0.1) is 13.2 Å². The lowest BCUT2D eigenvalue weighted by atomic mass is 10.1. The van der Waals surface area contributed by atoms with Gasteiger partial charge in [0.25, 0.3) is 0 Å². The molecule has 0 spiro atoms. The van der Waals surface area contributed by atoms with E-state index in [1.807, 2.05) is 25.1 Å². The van der Waals surface area contributed by atoms with Crippen LogP contribution in [0, 0.1) is 0 Å². The molecule has 1 aromatic carbocycles. The van der Waals surface area contributed by atoms with Gasteiger partial charge in [-0.05, 0) is 31.0 Å². The minimum absolute atomic E-state index is 0.0243. The largest absolute Gasteiger partial charge is 0.454 e. The summed E-state index contributed by atoms with van der Waals surface area (Å²) in [6.07, 6.45) is 0.438. The number of nitrogens with zero attached hydrogens (tertiary/aromatic N) is 2. The van der Waals surface area contributed by atoms with E-state index in [4.69, 9.17) is 18.9 Å². The van der Waals surface area contributed by atoms with E-state index in [9.17, 15) is 4.79 Å². The van der Waals surface area contributed by atoms with Gasteiger partial charge in [-0.3, -0.25) is 4.90 Å². The minimum atomic E-state index is -0.290. The van der Waals surface area contributed by atoms with E-state index in [0.717, 1.165) is 56.3 Å². The fraction of sp³-hybridized carbons (Fsp3) is 0.611. The van der Waals surface area contributed by atoms with Gasteiger partial charge in [0.1, 0.15) is 6.61 Å². The molecule has 0 unspecified atom stereocenters. The highest BCUT2D eigenvalue weighted by atomic mass is 16.7. The van der Waals surface area contributed by atoms with Gasteiger partial charge >= 0.3 is 6.09 Å². The Morgan fingerprint density at radius 1 is 1.28 bits per heavy atom. The van der Waals surface area contributed by atoms with Crippen LogP contribution in [-0.2, 0) is 15.9 Å². The van der Waals surface area contributed by atoms with Crippen molar-refractivity contribution in [2.45, 2.75) is 19.4 Å². The molecule has 1 amide bonds. The Labute approximate surface area is 148 Å². The van der Waals surface area contributed by atoms with Crippen molar-refractivity contribution in [2.75, 3.05) is 53.3 Å². The fourth-order valence-electron chi connectivity index (χ4n) is 2.91. The highest BCUT2D eigenvalue weighted by Crippen LogP contribution is 2.32. The first-order valence-electron chi connectivity index (χ1n) is 8.71. The summed E-state index contributed by atoms with van der Waals surface area (Å²) < 4.78 is 21.4. The van der Waals surface area contributed by atoms with E-state index >= 15 is 0 Å². The maximum absolute atomic E-state index is 12.2.